The third kappa shape index (κ3) is 2.58. The summed E-state index contributed by atoms with van der Waals surface area (Å²) < 4.78 is 5.75. The molecule has 0 aromatic heterocycles. The SMILES string of the molecule is CC1=C[C@@H]2OC(=O)[C@]3(C)CCC[C@@](C)([C@@H]1CC[C@@H](C)CC(=O)O)[C@H]23. The predicted octanol–water partition coefficient (Wildman–Crippen LogP) is 4.19. The van der Waals surface area contributed by atoms with Crippen molar-refractivity contribution >= 4 is 11.9 Å². The Morgan fingerprint density at radius 3 is 2.79 bits per heavy atom. The second-order valence-electron chi connectivity index (χ2n) is 8.87. The van der Waals surface area contributed by atoms with Gasteiger partial charge in [0.2, 0.25) is 0 Å². The minimum Gasteiger partial charge on any atom is -0.481 e. The van der Waals surface area contributed by atoms with Gasteiger partial charge in [0.05, 0.1) is 5.41 Å². The Hall–Kier alpha value is -1.32. The molecule has 4 nitrogen and oxygen atoms in total. The minimum atomic E-state index is -0.718. The molecule has 0 bridgehead atoms. The zero-order valence-corrected chi connectivity index (χ0v) is 15.3. The van der Waals surface area contributed by atoms with E-state index in [0.29, 0.717) is 5.92 Å². The Bertz CT molecular complexity index is 580. The third-order valence-electron chi connectivity index (χ3n) is 7.09. The first-order valence-electron chi connectivity index (χ1n) is 9.29. The number of carbonyl (C=O) groups excluding carboxylic acids is 1. The van der Waals surface area contributed by atoms with Gasteiger partial charge in [-0.25, -0.2) is 0 Å². The Morgan fingerprint density at radius 1 is 1.42 bits per heavy atom. The van der Waals surface area contributed by atoms with Crippen LogP contribution in [0, 0.1) is 28.6 Å². The van der Waals surface area contributed by atoms with Crippen molar-refractivity contribution < 1.29 is 19.4 Å². The lowest BCUT2D eigenvalue weighted by molar-refractivity contribution is -0.148. The van der Waals surface area contributed by atoms with E-state index in [9.17, 15) is 9.59 Å². The molecule has 24 heavy (non-hydrogen) atoms. The topological polar surface area (TPSA) is 63.6 Å². The highest BCUT2D eigenvalue weighted by molar-refractivity contribution is 5.80. The molecule has 0 radical (unpaired) electrons. The van der Waals surface area contributed by atoms with Gasteiger partial charge in [0.1, 0.15) is 6.10 Å². The minimum absolute atomic E-state index is 0.0210. The Morgan fingerprint density at radius 2 is 2.12 bits per heavy atom. The fourth-order valence-corrected chi connectivity index (χ4v) is 5.99. The van der Waals surface area contributed by atoms with Crippen LogP contribution in [0.15, 0.2) is 11.6 Å². The van der Waals surface area contributed by atoms with E-state index in [-0.39, 0.29) is 41.2 Å². The predicted molar refractivity (Wildman–Crippen MR) is 91.3 cm³/mol. The van der Waals surface area contributed by atoms with Crippen molar-refractivity contribution in [2.75, 3.05) is 0 Å². The summed E-state index contributed by atoms with van der Waals surface area (Å²) in [5, 5.41) is 8.99. The Kier molecular flexibility index (Phi) is 4.29. The van der Waals surface area contributed by atoms with Gasteiger partial charge in [-0.05, 0) is 62.9 Å². The maximum Gasteiger partial charge on any atom is 0.312 e. The van der Waals surface area contributed by atoms with Crippen LogP contribution in [0.3, 0.4) is 0 Å². The van der Waals surface area contributed by atoms with Crippen molar-refractivity contribution in [2.45, 2.75) is 72.3 Å². The average Bonchev–Trinajstić information content (AvgIpc) is 2.69. The van der Waals surface area contributed by atoms with E-state index in [1.54, 1.807) is 0 Å². The van der Waals surface area contributed by atoms with Crippen LogP contribution >= 0.6 is 0 Å². The van der Waals surface area contributed by atoms with Crippen LogP contribution < -0.4 is 0 Å². The highest BCUT2D eigenvalue weighted by Gasteiger charge is 2.65. The van der Waals surface area contributed by atoms with Gasteiger partial charge in [0.15, 0.2) is 0 Å². The van der Waals surface area contributed by atoms with Crippen LogP contribution in [0.5, 0.6) is 0 Å². The number of carbonyl (C=O) groups is 2. The first-order chi connectivity index (χ1) is 11.2. The van der Waals surface area contributed by atoms with Crippen LogP contribution in [-0.4, -0.2) is 23.1 Å². The van der Waals surface area contributed by atoms with E-state index in [1.807, 2.05) is 6.92 Å². The lowest BCUT2D eigenvalue weighted by atomic mass is 9.48. The van der Waals surface area contributed by atoms with Crippen LogP contribution in [0.2, 0.25) is 0 Å². The summed E-state index contributed by atoms with van der Waals surface area (Å²) in [6.07, 6.45) is 7.38. The van der Waals surface area contributed by atoms with Crippen LogP contribution in [0.4, 0.5) is 0 Å². The molecule has 0 aromatic carbocycles. The lowest BCUT2D eigenvalue weighted by Crippen LogP contribution is -2.52. The molecule has 2 aliphatic carbocycles. The van der Waals surface area contributed by atoms with Crippen molar-refractivity contribution in [2.24, 2.45) is 28.6 Å². The number of esters is 1. The number of carboxylic acid groups (broad SMARTS) is 1. The van der Waals surface area contributed by atoms with Crippen molar-refractivity contribution in [1.82, 2.24) is 0 Å². The summed E-state index contributed by atoms with van der Waals surface area (Å²) in [5.74, 6) is 0.129. The van der Waals surface area contributed by atoms with Gasteiger partial charge in [-0.2, -0.15) is 0 Å². The molecule has 0 amide bonds. The van der Waals surface area contributed by atoms with Crippen molar-refractivity contribution in [3.05, 3.63) is 11.6 Å². The van der Waals surface area contributed by atoms with Gasteiger partial charge in [0, 0.05) is 12.3 Å². The van der Waals surface area contributed by atoms with Crippen molar-refractivity contribution in [3.63, 3.8) is 0 Å². The van der Waals surface area contributed by atoms with E-state index in [0.717, 1.165) is 32.1 Å². The zero-order valence-electron chi connectivity index (χ0n) is 15.3. The van der Waals surface area contributed by atoms with Crippen LogP contribution in [-0.2, 0) is 14.3 Å². The van der Waals surface area contributed by atoms with Gasteiger partial charge in [-0.15, -0.1) is 0 Å². The molecule has 0 aromatic rings. The molecule has 1 heterocycles. The van der Waals surface area contributed by atoms with E-state index in [1.165, 1.54) is 5.57 Å². The number of hydrogen-bond acceptors (Lipinski definition) is 3. The van der Waals surface area contributed by atoms with E-state index >= 15 is 0 Å². The highest BCUT2D eigenvalue weighted by atomic mass is 16.6. The average molecular weight is 334 g/mol. The van der Waals surface area contributed by atoms with Crippen molar-refractivity contribution in [1.29, 1.82) is 0 Å². The number of carboxylic acids is 1. The highest BCUT2D eigenvalue weighted by Crippen LogP contribution is 2.64. The normalized spacial score (nSPS) is 42.1. The molecule has 1 saturated carbocycles. The Labute approximate surface area is 144 Å². The van der Waals surface area contributed by atoms with Gasteiger partial charge in [-0.3, -0.25) is 9.59 Å². The molecule has 1 saturated heterocycles. The van der Waals surface area contributed by atoms with Gasteiger partial charge < -0.3 is 9.84 Å². The van der Waals surface area contributed by atoms with Crippen LogP contribution in [0.1, 0.15) is 66.2 Å². The van der Waals surface area contributed by atoms with Gasteiger partial charge in [-0.1, -0.05) is 25.8 Å². The molecule has 0 unspecified atom stereocenters. The van der Waals surface area contributed by atoms with E-state index < -0.39 is 5.97 Å². The van der Waals surface area contributed by atoms with Gasteiger partial charge in [0.25, 0.3) is 0 Å². The van der Waals surface area contributed by atoms with Gasteiger partial charge >= 0.3 is 11.9 Å². The fourth-order valence-electron chi connectivity index (χ4n) is 5.99. The lowest BCUT2D eigenvalue weighted by Gasteiger charge is -2.54. The second kappa shape index (κ2) is 5.89. The first kappa shape index (κ1) is 17.5. The molecule has 0 spiro atoms. The standard InChI is InChI=1S/C20H30O4/c1-12(10-16(21)22)6-7-14-13(2)11-15-17-19(14,3)8-5-9-20(17,4)18(23)24-15/h11-12,14-15,17H,5-10H2,1-4H3,(H,21,22)/t12-,14-,15+,17+,19+,20-/m1/s1. The largest absolute Gasteiger partial charge is 0.481 e. The number of allylic oxidation sites excluding steroid dienone is 1. The molecule has 1 aliphatic heterocycles. The maximum atomic E-state index is 12.5. The Balaban J connectivity index is 1.84. The third-order valence-corrected chi connectivity index (χ3v) is 7.09. The first-order valence-corrected chi connectivity index (χ1v) is 9.29. The number of rotatable bonds is 5. The molecule has 4 heteroatoms. The summed E-state index contributed by atoms with van der Waals surface area (Å²) in [6.45, 7) is 8.61. The molecular formula is C20H30O4. The molecule has 3 aliphatic rings. The number of hydrogen-bond donors (Lipinski definition) is 1. The molecular weight excluding hydrogens is 304 g/mol. The molecule has 1 N–H and O–H groups in total. The summed E-state index contributed by atoms with van der Waals surface area (Å²) in [4.78, 5) is 23.4. The fraction of sp³-hybridized carbons (Fsp3) is 0.800. The molecule has 134 valence electrons. The maximum absolute atomic E-state index is 12.5. The molecule has 2 fully saturated rings. The summed E-state index contributed by atoms with van der Waals surface area (Å²) in [7, 11) is 0. The smallest absolute Gasteiger partial charge is 0.312 e. The number of aliphatic carboxylic acids is 1. The molecule has 3 rings (SSSR count). The summed E-state index contributed by atoms with van der Waals surface area (Å²) in [5.41, 5.74) is 1.05. The van der Waals surface area contributed by atoms with E-state index in [4.69, 9.17) is 9.84 Å². The summed E-state index contributed by atoms with van der Waals surface area (Å²) >= 11 is 0. The van der Waals surface area contributed by atoms with Crippen LogP contribution in [0.25, 0.3) is 0 Å². The monoisotopic (exact) mass is 334 g/mol. The molecule has 6 atom stereocenters. The summed E-state index contributed by atoms with van der Waals surface area (Å²) in [6, 6.07) is 0. The number of ether oxygens (including phenoxy) is 1. The van der Waals surface area contributed by atoms with E-state index in [2.05, 4.69) is 26.8 Å². The quantitative estimate of drug-likeness (QED) is 0.605. The second-order valence-corrected chi connectivity index (χ2v) is 8.87. The zero-order chi connectivity index (χ0) is 17.7. The van der Waals surface area contributed by atoms with Crippen molar-refractivity contribution in [3.8, 4) is 0 Å².